The highest BCUT2D eigenvalue weighted by Gasteiger charge is 2.24. The van der Waals surface area contributed by atoms with Crippen molar-refractivity contribution < 1.29 is 0 Å². The van der Waals surface area contributed by atoms with Crippen LogP contribution in [0.1, 0.15) is 40.1 Å². The van der Waals surface area contributed by atoms with E-state index >= 15 is 0 Å². The lowest BCUT2D eigenvalue weighted by atomic mass is 9.97. The number of thiophene rings is 1. The summed E-state index contributed by atoms with van der Waals surface area (Å²) in [5.41, 5.74) is 6.04. The highest BCUT2D eigenvalue weighted by Crippen LogP contribution is 2.33. The largest absolute Gasteiger partial charge is 0.312 e. The van der Waals surface area contributed by atoms with Crippen molar-refractivity contribution in [3.8, 4) is 0 Å². The molecule has 1 aromatic carbocycles. The first-order valence-corrected chi connectivity index (χ1v) is 8.81. The molecule has 0 bridgehead atoms. The van der Waals surface area contributed by atoms with Gasteiger partial charge in [-0.2, -0.15) is 0 Å². The molecule has 0 saturated heterocycles. The first-order valence-electron chi connectivity index (χ1n) is 7.93. The Labute approximate surface area is 130 Å². The monoisotopic (exact) mass is 298 g/mol. The van der Waals surface area contributed by atoms with Crippen LogP contribution in [0.3, 0.4) is 0 Å². The summed E-state index contributed by atoms with van der Waals surface area (Å²) >= 11 is 1.92. The Morgan fingerprint density at radius 3 is 3.14 bits per heavy atom. The molecule has 0 amide bonds. The standard InChI is InChI=1S/C18H22N2S/c1-13-17-6-9-21-18(17)5-8-20(13)12-14-2-3-15-4-7-19-11-16(15)10-14/h2-3,6,9-10,13,19H,4-5,7-8,11-12H2,1H3. The first-order chi connectivity index (χ1) is 10.3. The van der Waals surface area contributed by atoms with E-state index < -0.39 is 0 Å². The first kappa shape index (κ1) is 13.5. The maximum Gasteiger partial charge on any atom is 0.0334 e. The predicted octanol–water partition coefficient (Wildman–Crippen LogP) is 3.51. The van der Waals surface area contributed by atoms with E-state index in [9.17, 15) is 0 Å². The number of fused-ring (bicyclic) bond motifs is 2. The van der Waals surface area contributed by atoms with Gasteiger partial charge in [-0.1, -0.05) is 18.2 Å². The molecule has 2 nitrogen and oxygen atoms in total. The second-order valence-electron chi connectivity index (χ2n) is 6.23. The van der Waals surface area contributed by atoms with Crippen molar-refractivity contribution in [1.82, 2.24) is 10.2 Å². The highest BCUT2D eigenvalue weighted by molar-refractivity contribution is 7.10. The Morgan fingerprint density at radius 2 is 2.19 bits per heavy atom. The number of nitrogens with one attached hydrogen (secondary N) is 1. The van der Waals surface area contributed by atoms with Crippen LogP contribution in [0, 0.1) is 0 Å². The van der Waals surface area contributed by atoms with Gasteiger partial charge in [-0.05, 0) is 60.0 Å². The van der Waals surface area contributed by atoms with Crippen molar-refractivity contribution in [2.24, 2.45) is 0 Å². The van der Waals surface area contributed by atoms with Crippen LogP contribution in [-0.4, -0.2) is 18.0 Å². The fraction of sp³-hybridized carbons (Fsp3) is 0.444. The molecule has 0 radical (unpaired) electrons. The minimum absolute atomic E-state index is 0.550. The summed E-state index contributed by atoms with van der Waals surface area (Å²) in [5.74, 6) is 0. The SMILES string of the molecule is CC1c2ccsc2CCN1Cc1ccc2c(c1)CNCC2. The van der Waals surface area contributed by atoms with Crippen LogP contribution in [0.15, 0.2) is 29.6 Å². The lowest BCUT2D eigenvalue weighted by Crippen LogP contribution is -2.32. The quantitative estimate of drug-likeness (QED) is 0.912. The van der Waals surface area contributed by atoms with Crippen molar-refractivity contribution in [3.63, 3.8) is 0 Å². The third-order valence-corrected chi connectivity index (χ3v) is 5.94. The highest BCUT2D eigenvalue weighted by atomic mass is 32.1. The molecule has 2 aliphatic rings. The van der Waals surface area contributed by atoms with Gasteiger partial charge in [-0.25, -0.2) is 0 Å². The molecule has 2 aliphatic heterocycles. The Hall–Kier alpha value is -1.16. The van der Waals surface area contributed by atoms with Crippen LogP contribution < -0.4 is 5.32 Å². The van der Waals surface area contributed by atoms with E-state index in [1.165, 1.54) is 36.1 Å². The number of rotatable bonds is 2. The Balaban J connectivity index is 1.54. The number of hydrogen-bond acceptors (Lipinski definition) is 3. The zero-order chi connectivity index (χ0) is 14.2. The molecule has 0 saturated carbocycles. The summed E-state index contributed by atoms with van der Waals surface area (Å²) < 4.78 is 0. The Morgan fingerprint density at radius 1 is 1.24 bits per heavy atom. The van der Waals surface area contributed by atoms with Crippen molar-refractivity contribution in [3.05, 3.63) is 56.8 Å². The van der Waals surface area contributed by atoms with E-state index in [2.05, 4.69) is 46.8 Å². The van der Waals surface area contributed by atoms with Gasteiger partial charge in [0.15, 0.2) is 0 Å². The minimum atomic E-state index is 0.550. The van der Waals surface area contributed by atoms with Gasteiger partial charge in [0.25, 0.3) is 0 Å². The molecule has 0 fully saturated rings. The zero-order valence-corrected chi connectivity index (χ0v) is 13.4. The summed E-state index contributed by atoms with van der Waals surface area (Å²) in [4.78, 5) is 4.21. The summed E-state index contributed by atoms with van der Waals surface area (Å²) in [6.07, 6.45) is 2.39. The van der Waals surface area contributed by atoms with Crippen molar-refractivity contribution in [2.75, 3.05) is 13.1 Å². The minimum Gasteiger partial charge on any atom is -0.312 e. The zero-order valence-electron chi connectivity index (χ0n) is 12.6. The fourth-order valence-corrected chi connectivity index (χ4v) is 4.61. The van der Waals surface area contributed by atoms with Gasteiger partial charge in [-0.15, -0.1) is 11.3 Å². The van der Waals surface area contributed by atoms with Crippen LogP contribution >= 0.6 is 11.3 Å². The average molecular weight is 298 g/mol. The van der Waals surface area contributed by atoms with Crippen LogP contribution in [0.4, 0.5) is 0 Å². The molecule has 4 rings (SSSR count). The van der Waals surface area contributed by atoms with E-state index in [1.54, 1.807) is 10.4 Å². The van der Waals surface area contributed by atoms with Gasteiger partial charge in [0, 0.05) is 30.6 Å². The van der Waals surface area contributed by atoms with Gasteiger partial charge in [-0.3, -0.25) is 4.90 Å². The smallest absolute Gasteiger partial charge is 0.0334 e. The third kappa shape index (κ3) is 2.54. The normalized spacial score (nSPS) is 21.9. The Kier molecular flexibility index (Phi) is 3.57. The van der Waals surface area contributed by atoms with Crippen LogP contribution in [0.2, 0.25) is 0 Å². The predicted molar refractivity (Wildman–Crippen MR) is 88.7 cm³/mol. The number of hydrogen-bond donors (Lipinski definition) is 1. The van der Waals surface area contributed by atoms with E-state index in [0.717, 1.165) is 19.6 Å². The Bertz CT molecular complexity index is 646. The third-order valence-electron chi connectivity index (χ3n) is 4.95. The van der Waals surface area contributed by atoms with Gasteiger partial charge >= 0.3 is 0 Å². The second kappa shape index (κ2) is 5.56. The van der Waals surface area contributed by atoms with Crippen molar-refractivity contribution in [2.45, 2.75) is 38.9 Å². The molecule has 3 heteroatoms. The molecule has 1 unspecified atom stereocenters. The van der Waals surface area contributed by atoms with E-state index in [0.29, 0.717) is 6.04 Å². The van der Waals surface area contributed by atoms with Gasteiger partial charge < -0.3 is 5.32 Å². The second-order valence-corrected chi connectivity index (χ2v) is 7.23. The molecule has 3 heterocycles. The molecular formula is C18H22N2S. The number of nitrogens with zero attached hydrogens (tertiary/aromatic N) is 1. The van der Waals surface area contributed by atoms with E-state index in [4.69, 9.17) is 0 Å². The maximum atomic E-state index is 3.48. The average Bonchev–Trinajstić information content (AvgIpc) is 2.99. The summed E-state index contributed by atoms with van der Waals surface area (Å²) in [6.45, 7) is 6.77. The molecule has 21 heavy (non-hydrogen) atoms. The molecule has 110 valence electrons. The van der Waals surface area contributed by atoms with E-state index in [1.807, 2.05) is 11.3 Å². The van der Waals surface area contributed by atoms with Gasteiger partial charge in [0.05, 0.1) is 0 Å². The van der Waals surface area contributed by atoms with Crippen molar-refractivity contribution in [1.29, 1.82) is 0 Å². The van der Waals surface area contributed by atoms with Crippen LogP contribution in [0.25, 0.3) is 0 Å². The molecule has 2 aromatic rings. The van der Waals surface area contributed by atoms with Crippen LogP contribution in [0.5, 0.6) is 0 Å². The topological polar surface area (TPSA) is 15.3 Å². The molecule has 1 atom stereocenters. The summed E-state index contributed by atoms with van der Waals surface area (Å²) in [7, 11) is 0. The molecule has 1 aromatic heterocycles. The fourth-order valence-electron chi connectivity index (χ4n) is 3.64. The summed E-state index contributed by atoms with van der Waals surface area (Å²) in [5, 5.41) is 5.72. The lowest BCUT2D eigenvalue weighted by molar-refractivity contribution is 0.191. The lowest BCUT2D eigenvalue weighted by Gasteiger charge is -2.34. The molecule has 1 N–H and O–H groups in total. The van der Waals surface area contributed by atoms with Crippen molar-refractivity contribution >= 4 is 11.3 Å². The maximum absolute atomic E-state index is 3.48. The molecule has 0 aliphatic carbocycles. The van der Waals surface area contributed by atoms with E-state index in [-0.39, 0.29) is 0 Å². The van der Waals surface area contributed by atoms with Gasteiger partial charge in [0.2, 0.25) is 0 Å². The summed E-state index contributed by atoms with van der Waals surface area (Å²) in [6, 6.07) is 9.95. The molecular weight excluding hydrogens is 276 g/mol. The van der Waals surface area contributed by atoms with Gasteiger partial charge in [0.1, 0.15) is 0 Å². The number of benzene rings is 1. The van der Waals surface area contributed by atoms with Crippen LogP contribution in [-0.2, 0) is 25.9 Å². The molecule has 0 spiro atoms.